The minimum atomic E-state index is 0.330. The minimum Gasteiger partial charge on any atom is -0.346 e. The number of aromatic amines is 1. The van der Waals surface area contributed by atoms with Gasteiger partial charge in [0.15, 0.2) is 0 Å². The molecule has 0 radical (unpaired) electrons. The molecule has 2 heterocycles. The Bertz CT molecular complexity index is 755. The molecular weight excluding hydrogens is 314 g/mol. The van der Waals surface area contributed by atoms with E-state index in [9.17, 15) is 0 Å². The Balaban J connectivity index is 1.57. The first-order chi connectivity index (χ1) is 11.6. The Hall–Kier alpha value is -1.94. The van der Waals surface area contributed by atoms with Crippen LogP contribution in [0.1, 0.15) is 44.3 Å². The van der Waals surface area contributed by atoms with Gasteiger partial charge in [-0.2, -0.15) is 0 Å². The van der Waals surface area contributed by atoms with Gasteiger partial charge in [0.1, 0.15) is 5.82 Å². The van der Waals surface area contributed by atoms with Crippen LogP contribution in [-0.2, 0) is 19.3 Å². The van der Waals surface area contributed by atoms with Crippen molar-refractivity contribution in [2.45, 2.75) is 46.5 Å². The van der Waals surface area contributed by atoms with E-state index in [1.165, 1.54) is 39.7 Å². The lowest BCUT2D eigenvalue weighted by Crippen LogP contribution is -2.13. The van der Waals surface area contributed by atoms with Crippen LogP contribution in [0.15, 0.2) is 42.7 Å². The molecule has 24 heavy (non-hydrogen) atoms. The lowest BCUT2D eigenvalue weighted by molar-refractivity contribution is 0.346. The maximum Gasteiger partial charge on any atom is 0.106 e. The topological polar surface area (TPSA) is 41.6 Å². The molecule has 0 aliphatic rings. The number of aromatic nitrogens is 3. The molecule has 126 valence electrons. The lowest BCUT2D eigenvalue weighted by atomic mass is 9.85. The van der Waals surface area contributed by atoms with Crippen LogP contribution in [0, 0.1) is 5.41 Å². The van der Waals surface area contributed by atoms with Crippen LogP contribution >= 0.6 is 11.5 Å². The average Bonchev–Trinajstić information content (AvgIpc) is 3.25. The number of rotatable bonds is 7. The Morgan fingerprint density at radius 3 is 2.54 bits per heavy atom. The molecule has 4 heteroatoms. The monoisotopic (exact) mass is 339 g/mol. The van der Waals surface area contributed by atoms with Crippen LogP contribution in [0.3, 0.4) is 0 Å². The highest BCUT2D eigenvalue weighted by Crippen LogP contribution is 2.25. The molecular formula is C20H25N3S. The summed E-state index contributed by atoms with van der Waals surface area (Å²) in [6, 6.07) is 10.8. The zero-order valence-electron chi connectivity index (χ0n) is 14.7. The van der Waals surface area contributed by atoms with E-state index >= 15 is 0 Å². The standard InChI is InChI=1S/C20H25N3S/c1-4-20(2,3)13-17-14-21-19(23-17)10-7-15-5-8-16(9-6-15)18-11-12-22-24-18/h5-6,8-9,11-12,14H,4,7,10,13H2,1-3H3,(H,21,23). The molecule has 0 aliphatic carbocycles. The smallest absolute Gasteiger partial charge is 0.106 e. The normalized spacial score (nSPS) is 11.8. The first-order valence-corrected chi connectivity index (χ1v) is 9.36. The van der Waals surface area contributed by atoms with Crippen molar-refractivity contribution in [2.75, 3.05) is 0 Å². The number of imidazole rings is 1. The van der Waals surface area contributed by atoms with Crippen LogP contribution in [0.4, 0.5) is 0 Å². The van der Waals surface area contributed by atoms with Crippen LogP contribution in [0.25, 0.3) is 10.4 Å². The number of hydrogen-bond acceptors (Lipinski definition) is 3. The van der Waals surface area contributed by atoms with Crippen LogP contribution in [0.2, 0.25) is 0 Å². The molecule has 1 aromatic carbocycles. The predicted molar refractivity (Wildman–Crippen MR) is 101 cm³/mol. The summed E-state index contributed by atoms with van der Waals surface area (Å²) in [5, 5.41) is 0. The number of hydrogen-bond donors (Lipinski definition) is 1. The van der Waals surface area contributed by atoms with Crippen molar-refractivity contribution in [3.05, 3.63) is 59.8 Å². The number of H-pyrrole nitrogens is 1. The Kier molecular flexibility index (Phi) is 5.14. The number of nitrogens with zero attached hydrogens (tertiary/aromatic N) is 2. The molecule has 0 saturated carbocycles. The summed E-state index contributed by atoms with van der Waals surface area (Å²) >= 11 is 1.54. The quantitative estimate of drug-likeness (QED) is 0.635. The zero-order valence-corrected chi connectivity index (χ0v) is 15.5. The Morgan fingerprint density at radius 1 is 1.08 bits per heavy atom. The number of nitrogens with one attached hydrogen (secondary N) is 1. The molecule has 3 nitrogen and oxygen atoms in total. The highest BCUT2D eigenvalue weighted by molar-refractivity contribution is 7.09. The Morgan fingerprint density at radius 2 is 1.88 bits per heavy atom. The second-order valence-corrected chi connectivity index (χ2v) is 7.96. The van der Waals surface area contributed by atoms with Crippen molar-refractivity contribution >= 4 is 11.5 Å². The summed E-state index contributed by atoms with van der Waals surface area (Å²) in [6.45, 7) is 6.85. The molecule has 1 N–H and O–H groups in total. The summed E-state index contributed by atoms with van der Waals surface area (Å²) in [5.74, 6) is 1.09. The molecule has 3 rings (SSSR count). The fourth-order valence-corrected chi connectivity index (χ4v) is 3.32. The summed E-state index contributed by atoms with van der Waals surface area (Å²) in [5.41, 5.74) is 4.16. The van der Waals surface area contributed by atoms with Crippen LogP contribution in [-0.4, -0.2) is 14.3 Å². The van der Waals surface area contributed by atoms with Gasteiger partial charge < -0.3 is 4.98 Å². The third-order valence-electron chi connectivity index (χ3n) is 4.63. The van der Waals surface area contributed by atoms with E-state index in [4.69, 9.17) is 0 Å². The van der Waals surface area contributed by atoms with E-state index < -0.39 is 0 Å². The molecule has 0 atom stereocenters. The van der Waals surface area contributed by atoms with Crippen LogP contribution in [0.5, 0.6) is 0 Å². The van der Waals surface area contributed by atoms with Crippen molar-refractivity contribution in [1.82, 2.24) is 14.3 Å². The van der Waals surface area contributed by atoms with Gasteiger partial charge in [0.05, 0.1) is 4.88 Å². The van der Waals surface area contributed by atoms with Gasteiger partial charge >= 0.3 is 0 Å². The summed E-state index contributed by atoms with van der Waals surface area (Å²) in [7, 11) is 0. The van der Waals surface area contributed by atoms with E-state index in [0.717, 1.165) is 25.1 Å². The van der Waals surface area contributed by atoms with Crippen molar-refractivity contribution in [3.63, 3.8) is 0 Å². The summed E-state index contributed by atoms with van der Waals surface area (Å²) in [4.78, 5) is 9.25. The van der Waals surface area contributed by atoms with Crippen molar-refractivity contribution < 1.29 is 0 Å². The van der Waals surface area contributed by atoms with Gasteiger partial charge in [0.2, 0.25) is 0 Å². The van der Waals surface area contributed by atoms with Crippen molar-refractivity contribution in [2.24, 2.45) is 5.41 Å². The maximum absolute atomic E-state index is 4.55. The average molecular weight is 340 g/mol. The van der Waals surface area contributed by atoms with Gasteiger partial charge in [-0.05, 0) is 47.0 Å². The molecule has 0 bridgehead atoms. The zero-order chi connectivity index (χ0) is 17.0. The van der Waals surface area contributed by atoms with E-state index in [1.807, 2.05) is 12.4 Å². The fraction of sp³-hybridized carbons (Fsp3) is 0.400. The summed E-state index contributed by atoms with van der Waals surface area (Å²) in [6.07, 6.45) is 8.04. The molecule has 0 fully saturated rings. The third kappa shape index (κ3) is 4.32. The third-order valence-corrected chi connectivity index (χ3v) is 5.43. The van der Waals surface area contributed by atoms with Crippen molar-refractivity contribution in [3.8, 4) is 10.4 Å². The molecule has 3 aromatic rings. The number of benzene rings is 1. The van der Waals surface area contributed by atoms with E-state index in [1.54, 1.807) is 0 Å². The second kappa shape index (κ2) is 7.31. The molecule has 0 aliphatic heterocycles. The van der Waals surface area contributed by atoms with E-state index in [-0.39, 0.29) is 0 Å². The highest BCUT2D eigenvalue weighted by atomic mass is 32.1. The second-order valence-electron chi connectivity index (χ2n) is 7.12. The van der Waals surface area contributed by atoms with Gasteiger partial charge in [-0.15, -0.1) is 0 Å². The van der Waals surface area contributed by atoms with Gasteiger partial charge in [-0.1, -0.05) is 51.5 Å². The van der Waals surface area contributed by atoms with Gasteiger partial charge in [-0.25, -0.2) is 9.36 Å². The minimum absolute atomic E-state index is 0.330. The first-order valence-electron chi connectivity index (χ1n) is 8.58. The maximum atomic E-state index is 4.55. The fourth-order valence-electron chi connectivity index (χ4n) is 2.73. The Labute approximate surface area is 148 Å². The molecule has 0 spiro atoms. The molecule has 0 saturated heterocycles. The first kappa shape index (κ1) is 16.9. The van der Waals surface area contributed by atoms with Gasteiger partial charge in [0.25, 0.3) is 0 Å². The molecule has 2 aromatic heterocycles. The van der Waals surface area contributed by atoms with Crippen LogP contribution < -0.4 is 0 Å². The van der Waals surface area contributed by atoms with E-state index in [2.05, 4.69) is 65.4 Å². The SMILES string of the molecule is CCC(C)(C)Cc1cnc(CCc2ccc(-c3ccns3)cc2)[nH]1. The van der Waals surface area contributed by atoms with E-state index in [0.29, 0.717) is 5.41 Å². The molecule has 0 unspecified atom stereocenters. The van der Waals surface area contributed by atoms with Crippen molar-refractivity contribution in [1.29, 1.82) is 0 Å². The van der Waals surface area contributed by atoms with Gasteiger partial charge in [0, 0.05) is 24.5 Å². The van der Waals surface area contributed by atoms with Gasteiger partial charge in [-0.3, -0.25) is 0 Å². The predicted octanol–water partition coefficient (Wildman–Crippen LogP) is 5.30. The summed E-state index contributed by atoms with van der Waals surface area (Å²) < 4.78 is 4.16. The largest absolute Gasteiger partial charge is 0.346 e. The molecule has 0 amide bonds. The lowest BCUT2D eigenvalue weighted by Gasteiger charge is -2.21. The highest BCUT2D eigenvalue weighted by Gasteiger charge is 2.17. The number of aryl methyl sites for hydroxylation is 2.